The van der Waals surface area contributed by atoms with E-state index in [4.69, 9.17) is 28.4 Å². The maximum atomic E-state index is 14.4. The molecule has 3 aliphatic rings. The summed E-state index contributed by atoms with van der Waals surface area (Å²) in [5, 5.41) is 62.9. The van der Waals surface area contributed by atoms with E-state index in [1.165, 1.54) is 14.0 Å². The summed E-state index contributed by atoms with van der Waals surface area (Å²) in [7, 11) is 5.29. The van der Waals surface area contributed by atoms with Crippen molar-refractivity contribution in [2.45, 2.75) is 198 Å². The number of nitrogens with one attached hydrogen (secondary N) is 1. The Kier molecular flexibility index (Phi) is 16.1. The molecule has 6 N–H and O–H groups in total. The summed E-state index contributed by atoms with van der Waals surface area (Å²) in [5.74, 6) is -2.02. The largest absolute Gasteiger partial charge is 0.459 e. The molecular formula is C42H76N4O12. The zero-order valence-electron chi connectivity index (χ0n) is 37.4. The number of hydrogen-bond donors (Lipinski definition) is 6. The van der Waals surface area contributed by atoms with E-state index in [-0.39, 0.29) is 43.9 Å². The summed E-state index contributed by atoms with van der Waals surface area (Å²) >= 11 is 0. The summed E-state index contributed by atoms with van der Waals surface area (Å²) in [6, 6.07) is -0.896. The van der Waals surface area contributed by atoms with Crippen LogP contribution < -0.4 is 5.32 Å². The number of esters is 1. The Hall–Kier alpha value is -1.80. The van der Waals surface area contributed by atoms with Gasteiger partial charge in [0.15, 0.2) is 12.6 Å². The molecule has 0 unspecified atom stereocenters. The Labute approximate surface area is 345 Å². The Balaban J connectivity index is 1.81. The molecule has 18 atom stereocenters. The lowest BCUT2D eigenvalue weighted by molar-refractivity contribution is -0.339. The molecule has 0 saturated carbocycles. The first kappa shape index (κ1) is 48.9. The summed E-state index contributed by atoms with van der Waals surface area (Å²) in [5.41, 5.74) is -6.16. The Morgan fingerprint density at radius 3 is 2.24 bits per heavy atom. The van der Waals surface area contributed by atoms with Crippen molar-refractivity contribution in [3.05, 3.63) is 18.2 Å². The van der Waals surface area contributed by atoms with E-state index >= 15 is 0 Å². The molecule has 1 aromatic heterocycles. The van der Waals surface area contributed by atoms with Crippen LogP contribution in [-0.4, -0.2) is 163 Å². The number of methoxy groups -OCH3 is 1. The highest BCUT2D eigenvalue weighted by atomic mass is 16.7. The highest BCUT2D eigenvalue weighted by Crippen LogP contribution is 2.44. The van der Waals surface area contributed by atoms with Gasteiger partial charge in [-0.3, -0.25) is 4.79 Å². The van der Waals surface area contributed by atoms with Gasteiger partial charge in [0.2, 0.25) is 0 Å². The maximum absolute atomic E-state index is 14.4. The van der Waals surface area contributed by atoms with Crippen molar-refractivity contribution in [1.82, 2.24) is 19.8 Å². The van der Waals surface area contributed by atoms with Gasteiger partial charge in [-0.15, -0.1) is 0 Å². The minimum absolute atomic E-state index is 0.0521. The van der Waals surface area contributed by atoms with E-state index in [1.807, 2.05) is 51.3 Å². The first-order valence-electron chi connectivity index (χ1n) is 21.1. The fraction of sp³-hybridized carbons (Fsp3) is 0.905. The molecule has 16 nitrogen and oxygen atoms in total. The van der Waals surface area contributed by atoms with Crippen LogP contribution in [0.4, 0.5) is 0 Å². The van der Waals surface area contributed by atoms with Crippen molar-refractivity contribution in [3.63, 3.8) is 0 Å². The molecule has 3 fully saturated rings. The molecule has 0 amide bonds. The minimum Gasteiger partial charge on any atom is -0.459 e. The predicted octanol–water partition coefficient (Wildman–Crippen LogP) is 2.13. The zero-order valence-corrected chi connectivity index (χ0v) is 37.4. The standard InChI is InChI=1S/C42H76N4O12/c1-15-31-41(11,51)35(48)27(6)44-21-23(2)19-39(9,50)36(58-38-33(47)30(45(12)13)18-24(3)54-38)25(4)34(26(5)37(49)56-31)57-32-20-40(10,53-14)42(52,28(7)55-32)22-46-17-16-43-29(46)8/h16-17,23-28,30-36,38,44,47-48,50-52H,15,18-22H2,1-14H3/t23-,24-,25+,26-,27+,28+,30+,31+,32+,33-,34+,35-,36-,38+,39+,40-,41-,42-/m1/s1. The number of nitrogens with zero attached hydrogens (tertiary/aromatic N) is 3. The summed E-state index contributed by atoms with van der Waals surface area (Å²) in [6.45, 7) is 19.9. The number of rotatable bonds is 9. The van der Waals surface area contributed by atoms with Crippen LogP contribution in [0, 0.1) is 24.7 Å². The van der Waals surface area contributed by atoms with E-state index in [1.54, 1.807) is 53.9 Å². The quantitative estimate of drug-likeness (QED) is 0.197. The highest BCUT2D eigenvalue weighted by Gasteiger charge is 2.59. The number of hydrogen-bond acceptors (Lipinski definition) is 15. The van der Waals surface area contributed by atoms with Crippen molar-refractivity contribution in [2.24, 2.45) is 17.8 Å². The van der Waals surface area contributed by atoms with Crippen LogP contribution in [-0.2, 0) is 39.8 Å². The Morgan fingerprint density at radius 2 is 1.67 bits per heavy atom. The van der Waals surface area contributed by atoms with Gasteiger partial charge in [0, 0.05) is 43.9 Å². The summed E-state index contributed by atoms with van der Waals surface area (Å²) in [6.07, 6.45) is -4.42. The number of aryl methyl sites for hydroxylation is 1. The monoisotopic (exact) mass is 829 g/mol. The number of cyclic esters (lactones) is 1. The first-order chi connectivity index (χ1) is 26.8. The lowest BCUT2D eigenvalue weighted by Gasteiger charge is -2.53. The number of aliphatic hydroxyl groups is 5. The van der Waals surface area contributed by atoms with E-state index in [0.717, 1.165) is 0 Å². The topological polar surface area (TPSA) is 207 Å². The lowest BCUT2D eigenvalue weighted by atomic mass is 9.75. The molecule has 0 radical (unpaired) electrons. The normalized spacial score (nSPS) is 46.7. The average molecular weight is 829 g/mol. The van der Waals surface area contributed by atoms with Gasteiger partial charge in [-0.1, -0.05) is 20.8 Å². The second kappa shape index (κ2) is 19.1. The molecule has 3 saturated heterocycles. The smallest absolute Gasteiger partial charge is 0.311 e. The molecule has 0 aliphatic carbocycles. The number of aliphatic hydroxyl groups excluding tert-OH is 2. The van der Waals surface area contributed by atoms with Gasteiger partial charge < -0.3 is 68.7 Å². The number of carbonyl (C=O) groups excluding carboxylic acids is 1. The van der Waals surface area contributed by atoms with Gasteiger partial charge in [-0.05, 0) is 101 Å². The minimum atomic E-state index is -1.83. The second-order valence-electron chi connectivity index (χ2n) is 18.6. The highest BCUT2D eigenvalue weighted by molar-refractivity contribution is 5.73. The summed E-state index contributed by atoms with van der Waals surface area (Å²) in [4.78, 5) is 20.6. The van der Waals surface area contributed by atoms with E-state index in [9.17, 15) is 30.3 Å². The van der Waals surface area contributed by atoms with Crippen molar-refractivity contribution in [1.29, 1.82) is 0 Å². The first-order valence-corrected chi connectivity index (χ1v) is 21.1. The number of likely N-dealkylation sites (N-methyl/N-ethyl adjacent to an activating group) is 1. The summed E-state index contributed by atoms with van der Waals surface area (Å²) < 4.78 is 40.3. The molecule has 16 heteroatoms. The van der Waals surface area contributed by atoms with Crippen LogP contribution >= 0.6 is 0 Å². The third-order valence-corrected chi connectivity index (χ3v) is 13.5. The van der Waals surface area contributed by atoms with Crippen LogP contribution in [0.5, 0.6) is 0 Å². The van der Waals surface area contributed by atoms with Crippen LogP contribution in [0.25, 0.3) is 0 Å². The van der Waals surface area contributed by atoms with Gasteiger partial charge >= 0.3 is 5.97 Å². The van der Waals surface area contributed by atoms with Crippen LogP contribution in [0.1, 0.15) is 101 Å². The number of imidazole rings is 1. The Morgan fingerprint density at radius 1 is 1.02 bits per heavy atom. The van der Waals surface area contributed by atoms with Crippen LogP contribution in [0.3, 0.4) is 0 Å². The van der Waals surface area contributed by atoms with Crippen LogP contribution in [0.15, 0.2) is 12.4 Å². The maximum Gasteiger partial charge on any atom is 0.311 e. The molecule has 0 bridgehead atoms. The number of carbonyl (C=O) groups is 1. The number of aromatic nitrogens is 2. The molecule has 0 spiro atoms. The molecule has 4 rings (SSSR count). The van der Waals surface area contributed by atoms with Gasteiger partial charge in [-0.2, -0.15) is 0 Å². The Bertz CT molecular complexity index is 1480. The SMILES string of the molecule is CC[C@@H]1OC(=O)[C@H](C)[C@@H](O[C@H]2C[C@@](C)(OC)[C@@](O)(Cn3ccnc3C)[C@H](C)O2)[C@H](C)[C@@H](O[C@@H]2O[C@H](C)C[C@H](N(C)C)[C@H]2O)[C@@](C)(O)C[C@@H](C)CN[C@@H](C)[C@@H](O)[C@]1(C)O. The zero-order chi connectivity index (χ0) is 43.7. The fourth-order valence-electron chi connectivity index (χ4n) is 9.55. The molecule has 0 aromatic carbocycles. The van der Waals surface area contributed by atoms with Gasteiger partial charge in [0.05, 0.1) is 42.5 Å². The molecular weight excluding hydrogens is 752 g/mol. The third kappa shape index (κ3) is 10.3. The van der Waals surface area contributed by atoms with Crippen molar-refractivity contribution in [3.8, 4) is 0 Å². The molecule has 4 heterocycles. The average Bonchev–Trinajstić information content (AvgIpc) is 3.55. The van der Waals surface area contributed by atoms with Gasteiger partial charge in [-0.25, -0.2) is 4.98 Å². The predicted molar refractivity (Wildman–Crippen MR) is 215 cm³/mol. The molecule has 58 heavy (non-hydrogen) atoms. The van der Waals surface area contributed by atoms with E-state index in [0.29, 0.717) is 18.8 Å². The molecule has 3 aliphatic heterocycles. The van der Waals surface area contributed by atoms with Gasteiger partial charge in [0.1, 0.15) is 40.9 Å². The van der Waals surface area contributed by atoms with Gasteiger partial charge in [0.25, 0.3) is 0 Å². The van der Waals surface area contributed by atoms with Crippen LogP contribution in [0.2, 0.25) is 0 Å². The second-order valence-corrected chi connectivity index (χ2v) is 18.6. The van der Waals surface area contributed by atoms with Crippen molar-refractivity contribution < 1.29 is 58.7 Å². The number of ether oxygens (including phenoxy) is 6. The van der Waals surface area contributed by atoms with E-state index in [2.05, 4.69) is 10.3 Å². The van der Waals surface area contributed by atoms with E-state index < -0.39 is 95.5 Å². The molecule has 1 aromatic rings. The fourth-order valence-corrected chi connectivity index (χ4v) is 9.55. The van der Waals surface area contributed by atoms with Crippen molar-refractivity contribution >= 4 is 5.97 Å². The van der Waals surface area contributed by atoms with Crippen molar-refractivity contribution in [2.75, 3.05) is 27.7 Å². The molecule has 336 valence electrons. The third-order valence-electron chi connectivity index (χ3n) is 13.5. The lowest BCUT2D eigenvalue weighted by Crippen LogP contribution is -2.68.